The zero-order valence-corrected chi connectivity index (χ0v) is 9.21. The molecule has 0 saturated heterocycles. The first-order chi connectivity index (χ1) is 7.90. The third-order valence-electron chi connectivity index (χ3n) is 2.64. The highest BCUT2D eigenvalue weighted by Gasteiger charge is 2.10. The van der Waals surface area contributed by atoms with Gasteiger partial charge in [-0.2, -0.15) is 5.26 Å². The monoisotopic (exact) mass is 224 g/mol. The molecule has 2 nitrogen and oxygen atoms in total. The Labute approximate surface area is 96.8 Å². The maximum Gasteiger partial charge on any atom is 0.101 e. The summed E-state index contributed by atoms with van der Waals surface area (Å²) in [5.41, 5.74) is 2.82. The second-order valence-electron chi connectivity index (χ2n) is 3.54. The van der Waals surface area contributed by atoms with E-state index in [9.17, 15) is 0 Å². The largest absolute Gasteiger partial charge is 0.366 e. The van der Waals surface area contributed by atoms with Gasteiger partial charge in [0.05, 0.1) is 5.56 Å². The van der Waals surface area contributed by atoms with Crippen LogP contribution < -0.4 is 0 Å². The zero-order chi connectivity index (χ0) is 11.0. The van der Waals surface area contributed by atoms with E-state index < -0.39 is 0 Å². The SMILES string of the molecule is N#Cc1c[nH]cc1-c1csc2ccccc12. The molecule has 2 heterocycles. The summed E-state index contributed by atoms with van der Waals surface area (Å²) in [6, 6.07) is 10.5. The number of nitrogens with one attached hydrogen (secondary N) is 1. The molecule has 0 radical (unpaired) electrons. The molecule has 3 rings (SSSR count). The van der Waals surface area contributed by atoms with Gasteiger partial charge in [-0.1, -0.05) is 18.2 Å². The molecule has 1 N–H and O–H groups in total. The van der Waals surface area contributed by atoms with Gasteiger partial charge in [-0.25, -0.2) is 0 Å². The van der Waals surface area contributed by atoms with Crippen molar-refractivity contribution in [1.29, 1.82) is 5.26 Å². The van der Waals surface area contributed by atoms with E-state index in [1.807, 2.05) is 18.3 Å². The van der Waals surface area contributed by atoms with E-state index >= 15 is 0 Å². The van der Waals surface area contributed by atoms with Crippen LogP contribution >= 0.6 is 11.3 Å². The molecule has 2 aromatic heterocycles. The van der Waals surface area contributed by atoms with E-state index in [0.717, 1.165) is 11.1 Å². The highest BCUT2D eigenvalue weighted by atomic mass is 32.1. The molecule has 0 atom stereocenters. The minimum absolute atomic E-state index is 0.698. The lowest BCUT2D eigenvalue weighted by atomic mass is 10.0. The topological polar surface area (TPSA) is 39.6 Å². The normalized spacial score (nSPS) is 10.4. The van der Waals surface area contributed by atoms with Crippen molar-refractivity contribution in [2.75, 3.05) is 0 Å². The number of aromatic nitrogens is 1. The number of aromatic amines is 1. The van der Waals surface area contributed by atoms with E-state index in [1.54, 1.807) is 17.5 Å². The Balaban J connectivity index is 2.31. The fourth-order valence-corrected chi connectivity index (χ4v) is 2.83. The molecule has 0 bridgehead atoms. The number of benzene rings is 1. The molecule has 3 heteroatoms. The van der Waals surface area contributed by atoms with Crippen molar-refractivity contribution in [2.45, 2.75) is 0 Å². The summed E-state index contributed by atoms with van der Waals surface area (Å²) >= 11 is 1.71. The Kier molecular flexibility index (Phi) is 2.02. The van der Waals surface area contributed by atoms with Crippen molar-refractivity contribution >= 4 is 21.4 Å². The molecule has 0 spiro atoms. The Hall–Kier alpha value is -2.05. The predicted octanol–water partition coefficient (Wildman–Crippen LogP) is 3.77. The van der Waals surface area contributed by atoms with Crippen molar-refractivity contribution in [3.05, 3.63) is 47.6 Å². The molecule has 0 saturated carbocycles. The van der Waals surface area contributed by atoms with Crippen LogP contribution in [0.4, 0.5) is 0 Å². The van der Waals surface area contributed by atoms with E-state index in [0.29, 0.717) is 5.56 Å². The minimum atomic E-state index is 0.698. The molecule has 0 aliphatic rings. The summed E-state index contributed by atoms with van der Waals surface area (Å²) in [6.07, 6.45) is 3.62. The number of thiophene rings is 1. The predicted molar refractivity (Wildman–Crippen MR) is 66.3 cm³/mol. The summed E-state index contributed by atoms with van der Waals surface area (Å²) in [5, 5.41) is 12.3. The number of fused-ring (bicyclic) bond motifs is 1. The second kappa shape index (κ2) is 3.51. The van der Waals surface area contributed by atoms with Crippen LogP contribution in [0.15, 0.2) is 42.0 Å². The van der Waals surface area contributed by atoms with Gasteiger partial charge in [0.25, 0.3) is 0 Å². The molecular formula is C13H8N2S. The molecule has 3 aromatic rings. The lowest BCUT2D eigenvalue weighted by molar-refractivity contribution is 1.40. The van der Waals surface area contributed by atoms with Crippen molar-refractivity contribution in [1.82, 2.24) is 4.98 Å². The van der Waals surface area contributed by atoms with E-state index in [2.05, 4.69) is 28.6 Å². The number of hydrogen-bond acceptors (Lipinski definition) is 2. The van der Waals surface area contributed by atoms with Gasteiger partial charge in [-0.3, -0.25) is 0 Å². The van der Waals surface area contributed by atoms with Gasteiger partial charge in [0.2, 0.25) is 0 Å². The fourth-order valence-electron chi connectivity index (χ4n) is 1.87. The highest BCUT2D eigenvalue weighted by Crippen LogP contribution is 2.35. The number of hydrogen-bond donors (Lipinski definition) is 1. The average Bonchev–Trinajstić information content (AvgIpc) is 2.94. The van der Waals surface area contributed by atoms with Crippen LogP contribution in [0, 0.1) is 11.3 Å². The van der Waals surface area contributed by atoms with E-state index in [-0.39, 0.29) is 0 Å². The van der Waals surface area contributed by atoms with Gasteiger partial charge in [-0.05, 0) is 11.4 Å². The Morgan fingerprint density at radius 1 is 1.12 bits per heavy atom. The first-order valence-electron chi connectivity index (χ1n) is 4.93. The summed E-state index contributed by atoms with van der Waals surface area (Å²) in [7, 11) is 0. The Morgan fingerprint density at radius 3 is 2.88 bits per heavy atom. The number of H-pyrrole nitrogens is 1. The summed E-state index contributed by atoms with van der Waals surface area (Å²) in [6.45, 7) is 0. The van der Waals surface area contributed by atoms with Gasteiger partial charge < -0.3 is 4.98 Å². The van der Waals surface area contributed by atoms with Gasteiger partial charge in [0.15, 0.2) is 0 Å². The number of rotatable bonds is 1. The molecular weight excluding hydrogens is 216 g/mol. The van der Waals surface area contributed by atoms with E-state index in [4.69, 9.17) is 5.26 Å². The fraction of sp³-hybridized carbons (Fsp3) is 0. The van der Waals surface area contributed by atoms with Crippen LogP contribution in [0.2, 0.25) is 0 Å². The molecule has 0 aliphatic heterocycles. The third-order valence-corrected chi connectivity index (χ3v) is 3.60. The van der Waals surface area contributed by atoms with Crippen molar-refractivity contribution in [3.63, 3.8) is 0 Å². The quantitative estimate of drug-likeness (QED) is 0.671. The van der Waals surface area contributed by atoms with E-state index in [1.165, 1.54) is 10.1 Å². The summed E-state index contributed by atoms with van der Waals surface area (Å²) in [5.74, 6) is 0. The van der Waals surface area contributed by atoms with Crippen molar-refractivity contribution < 1.29 is 0 Å². The maximum atomic E-state index is 9.01. The Bertz CT molecular complexity index is 685. The Morgan fingerprint density at radius 2 is 2.00 bits per heavy atom. The molecule has 16 heavy (non-hydrogen) atoms. The van der Waals surface area contributed by atoms with Crippen molar-refractivity contribution in [2.24, 2.45) is 0 Å². The maximum absolute atomic E-state index is 9.01. The summed E-state index contributed by atoms with van der Waals surface area (Å²) in [4.78, 5) is 2.98. The molecule has 0 amide bonds. The van der Waals surface area contributed by atoms with Gasteiger partial charge >= 0.3 is 0 Å². The number of nitrogens with zero attached hydrogens (tertiary/aromatic N) is 1. The summed E-state index contributed by atoms with van der Waals surface area (Å²) < 4.78 is 1.25. The molecule has 76 valence electrons. The smallest absolute Gasteiger partial charge is 0.101 e. The second-order valence-corrected chi connectivity index (χ2v) is 4.45. The third kappa shape index (κ3) is 1.24. The molecule has 0 fully saturated rings. The molecule has 0 aliphatic carbocycles. The standard InChI is InChI=1S/C13H8N2S/c14-5-9-6-15-7-11(9)12-8-16-13-4-2-1-3-10(12)13/h1-4,6-8,15H. The number of nitriles is 1. The van der Waals surface area contributed by atoms with Gasteiger partial charge in [-0.15, -0.1) is 11.3 Å². The first kappa shape index (κ1) is 9.20. The minimum Gasteiger partial charge on any atom is -0.366 e. The lowest BCUT2D eigenvalue weighted by Crippen LogP contribution is -1.75. The van der Waals surface area contributed by atoms with Crippen LogP contribution in [0.1, 0.15) is 5.56 Å². The van der Waals surface area contributed by atoms with Crippen molar-refractivity contribution in [3.8, 4) is 17.2 Å². The van der Waals surface area contributed by atoms with Crippen LogP contribution in [-0.4, -0.2) is 4.98 Å². The molecule has 0 unspecified atom stereocenters. The van der Waals surface area contributed by atoms with Gasteiger partial charge in [0, 0.05) is 33.6 Å². The van der Waals surface area contributed by atoms with Crippen LogP contribution in [0.3, 0.4) is 0 Å². The van der Waals surface area contributed by atoms with Gasteiger partial charge in [0.1, 0.15) is 6.07 Å². The highest BCUT2D eigenvalue weighted by molar-refractivity contribution is 7.17. The zero-order valence-electron chi connectivity index (χ0n) is 8.40. The van der Waals surface area contributed by atoms with Crippen LogP contribution in [0.5, 0.6) is 0 Å². The van der Waals surface area contributed by atoms with Crippen LogP contribution in [-0.2, 0) is 0 Å². The molecule has 1 aromatic carbocycles. The lowest BCUT2D eigenvalue weighted by Gasteiger charge is -1.96. The average molecular weight is 224 g/mol. The van der Waals surface area contributed by atoms with Crippen LogP contribution in [0.25, 0.3) is 21.2 Å². The first-order valence-corrected chi connectivity index (χ1v) is 5.81.